The van der Waals surface area contributed by atoms with Gasteiger partial charge in [-0.25, -0.2) is 14.6 Å². The van der Waals surface area contributed by atoms with E-state index in [9.17, 15) is 14.4 Å². The van der Waals surface area contributed by atoms with E-state index in [2.05, 4.69) is 31.2 Å². The number of H-pyrrole nitrogens is 1. The Morgan fingerprint density at radius 1 is 1.05 bits per heavy atom. The first-order valence-electron chi connectivity index (χ1n) is 12.8. The number of ether oxygens (including phenoxy) is 1. The standard InChI is InChI=1S/C28H31BrN6O4/c1-17(2)24(32-27(37)39-3)26(36)35-16-34(28(38)33-13-19-6-4-5-7-20(19)14-33)15-23(35)25-30-12-22(31-25)18-8-10-21(29)11-9-18/h4-12,17,23-24H,13-16H2,1-3H3,(H,30,31)(H,32,37). The minimum atomic E-state index is -0.827. The molecule has 0 bridgehead atoms. The van der Waals surface area contributed by atoms with Crippen LogP contribution in [0.1, 0.15) is 36.8 Å². The van der Waals surface area contributed by atoms with Crippen LogP contribution in [0, 0.1) is 5.92 Å². The number of halogens is 1. The van der Waals surface area contributed by atoms with Gasteiger partial charge in [0.05, 0.1) is 32.2 Å². The Kier molecular flexibility index (Phi) is 7.60. The van der Waals surface area contributed by atoms with Gasteiger partial charge in [-0.3, -0.25) is 4.79 Å². The van der Waals surface area contributed by atoms with E-state index in [1.165, 1.54) is 7.11 Å². The van der Waals surface area contributed by atoms with E-state index < -0.39 is 18.2 Å². The summed E-state index contributed by atoms with van der Waals surface area (Å²) in [6.45, 7) is 5.11. The van der Waals surface area contributed by atoms with E-state index in [1.54, 1.807) is 20.9 Å². The Labute approximate surface area is 235 Å². The topological polar surface area (TPSA) is 111 Å². The maximum atomic E-state index is 13.9. The molecule has 0 spiro atoms. The number of nitrogens with one attached hydrogen (secondary N) is 2. The van der Waals surface area contributed by atoms with E-state index >= 15 is 0 Å². The fraction of sp³-hybridized carbons (Fsp3) is 0.357. The van der Waals surface area contributed by atoms with Crippen LogP contribution in [0.3, 0.4) is 0 Å². The van der Waals surface area contributed by atoms with Gasteiger partial charge in [0, 0.05) is 17.6 Å². The molecule has 2 atom stereocenters. The van der Waals surface area contributed by atoms with Gasteiger partial charge < -0.3 is 29.7 Å². The second kappa shape index (κ2) is 11.1. The summed E-state index contributed by atoms with van der Waals surface area (Å²) in [5, 5.41) is 2.66. The molecular weight excluding hydrogens is 564 g/mol. The zero-order valence-corrected chi connectivity index (χ0v) is 23.6. The lowest BCUT2D eigenvalue weighted by Crippen LogP contribution is -2.52. The van der Waals surface area contributed by atoms with E-state index in [0.717, 1.165) is 26.9 Å². The number of hydrogen-bond acceptors (Lipinski definition) is 5. The third kappa shape index (κ3) is 5.49. The Hall–Kier alpha value is -3.86. The van der Waals surface area contributed by atoms with Crippen molar-refractivity contribution in [1.82, 2.24) is 30.0 Å². The van der Waals surface area contributed by atoms with Crippen LogP contribution < -0.4 is 5.32 Å². The maximum absolute atomic E-state index is 13.9. The number of carbonyl (C=O) groups excluding carboxylic acids is 3. The molecule has 1 aromatic heterocycles. The molecule has 1 saturated heterocycles. The van der Waals surface area contributed by atoms with E-state index in [1.807, 2.05) is 62.4 Å². The number of hydrogen-bond donors (Lipinski definition) is 2. The van der Waals surface area contributed by atoms with Crippen LogP contribution in [0.25, 0.3) is 11.3 Å². The fourth-order valence-corrected chi connectivity index (χ4v) is 5.34. The minimum absolute atomic E-state index is 0.0789. The molecular formula is C28H31BrN6O4. The average molecular weight is 595 g/mol. The first kappa shape index (κ1) is 26.7. The summed E-state index contributed by atoms with van der Waals surface area (Å²) in [5.41, 5.74) is 4.00. The molecule has 2 N–H and O–H groups in total. The largest absolute Gasteiger partial charge is 0.453 e. The van der Waals surface area contributed by atoms with Crippen LogP contribution in [0.2, 0.25) is 0 Å². The van der Waals surface area contributed by atoms with Gasteiger partial charge in [-0.2, -0.15) is 0 Å². The molecule has 3 aromatic rings. The minimum Gasteiger partial charge on any atom is -0.453 e. The van der Waals surface area contributed by atoms with Crippen molar-refractivity contribution in [1.29, 1.82) is 0 Å². The summed E-state index contributed by atoms with van der Waals surface area (Å²) in [5.74, 6) is 0.0638. The van der Waals surface area contributed by atoms with Gasteiger partial charge in [-0.1, -0.05) is 66.2 Å². The molecule has 0 saturated carbocycles. The van der Waals surface area contributed by atoms with Gasteiger partial charge in [-0.15, -0.1) is 0 Å². The maximum Gasteiger partial charge on any atom is 0.407 e. The van der Waals surface area contributed by atoms with E-state index in [4.69, 9.17) is 4.74 Å². The number of imidazole rings is 1. The van der Waals surface area contributed by atoms with E-state index in [0.29, 0.717) is 18.9 Å². The molecule has 10 nitrogen and oxygen atoms in total. The van der Waals surface area contributed by atoms with Crippen LogP contribution in [-0.4, -0.2) is 69.1 Å². The lowest BCUT2D eigenvalue weighted by atomic mass is 10.0. The number of fused-ring (bicyclic) bond motifs is 1. The van der Waals surface area contributed by atoms with Gasteiger partial charge >= 0.3 is 12.1 Å². The van der Waals surface area contributed by atoms with Crippen molar-refractivity contribution in [3.8, 4) is 11.3 Å². The summed E-state index contributed by atoms with van der Waals surface area (Å²) in [4.78, 5) is 52.6. The molecule has 0 radical (unpaired) electrons. The molecule has 2 aliphatic rings. The highest BCUT2D eigenvalue weighted by Gasteiger charge is 2.43. The quantitative estimate of drug-likeness (QED) is 0.452. The number of urea groups is 1. The zero-order chi connectivity index (χ0) is 27.7. The van der Waals surface area contributed by atoms with Crippen LogP contribution in [0.15, 0.2) is 59.2 Å². The SMILES string of the molecule is COC(=O)NC(C(=O)N1CN(C(=O)N2Cc3ccccc3C2)CC1c1ncc(-c2ccc(Br)cc2)[nH]1)C(C)C. The summed E-state index contributed by atoms with van der Waals surface area (Å²) in [7, 11) is 1.26. The number of rotatable bonds is 5. The van der Waals surface area contributed by atoms with Gasteiger partial charge in [0.2, 0.25) is 5.91 Å². The molecule has 2 aliphatic heterocycles. The van der Waals surface area contributed by atoms with Gasteiger partial charge in [0.1, 0.15) is 17.9 Å². The van der Waals surface area contributed by atoms with Crippen molar-refractivity contribution in [2.24, 2.45) is 5.92 Å². The number of carbonyl (C=O) groups is 3. The molecule has 5 rings (SSSR count). The smallest absolute Gasteiger partial charge is 0.407 e. The highest BCUT2D eigenvalue weighted by molar-refractivity contribution is 9.10. The van der Waals surface area contributed by atoms with Crippen molar-refractivity contribution in [3.05, 3.63) is 76.2 Å². The fourth-order valence-electron chi connectivity index (χ4n) is 5.07. The molecule has 204 valence electrons. The number of aromatic amines is 1. The van der Waals surface area contributed by atoms with Crippen molar-refractivity contribution in [2.45, 2.75) is 39.0 Å². The Bertz CT molecular complexity index is 1350. The number of amides is 4. The Morgan fingerprint density at radius 3 is 2.33 bits per heavy atom. The third-order valence-electron chi connectivity index (χ3n) is 7.22. The van der Waals surface area contributed by atoms with Gasteiger partial charge in [0.15, 0.2) is 0 Å². The van der Waals surface area contributed by atoms with Gasteiger partial charge in [0.25, 0.3) is 0 Å². The summed E-state index contributed by atoms with van der Waals surface area (Å²) < 4.78 is 5.73. The zero-order valence-electron chi connectivity index (χ0n) is 22.1. The van der Waals surface area contributed by atoms with Crippen LogP contribution in [-0.2, 0) is 22.6 Å². The van der Waals surface area contributed by atoms with Crippen molar-refractivity contribution >= 4 is 34.0 Å². The van der Waals surface area contributed by atoms with Crippen LogP contribution in [0.4, 0.5) is 9.59 Å². The van der Waals surface area contributed by atoms with Gasteiger partial charge in [-0.05, 0) is 34.7 Å². The number of nitrogens with zero attached hydrogens (tertiary/aromatic N) is 4. The molecule has 1 fully saturated rings. The predicted octanol–water partition coefficient (Wildman–Crippen LogP) is 4.50. The highest BCUT2D eigenvalue weighted by atomic mass is 79.9. The third-order valence-corrected chi connectivity index (χ3v) is 7.74. The van der Waals surface area contributed by atoms with Crippen molar-refractivity contribution in [3.63, 3.8) is 0 Å². The molecule has 3 heterocycles. The molecule has 2 unspecified atom stereocenters. The molecule has 2 aromatic carbocycles. The first-order valence-corrected chi connectivity index (χ1v) is 13.6. The second-order valence-corrected chi connectivity index (χ2v) is 11.1. The Balaban J connectivity index is 1.42. The predicted molar refractivity (Wildman–Crippen MR) is 148 cm³/mol. The first-order chi connectivity index (χ1) is 18.7. The summed E-state index contributed by atoms with van der Waals surface area (Å²) in [6, 6.07) is 14.3. The number of methoxy groups -OCH3 is 1. The second-order valence-electron chi connectivity index (χ2n) is 10.1. The molecule has 0 aliphatic carbocycles. The monoisotopic (exact) mass is 594 g/mol. The number of alkyl carbamates (subject to hydrolysis) is 1. The lowest BCUT2D eigenvalue weighted by molar-refractivity contribution is -0.135. The number of aromatic nitrogens is 2. The normalized spacial score (nSPS) is 17.4. The summed E-state index contributed by atoms with van der Waals surface area (Å²) >= 11 is 3.46. The molecule has 39 heavy (non-hydrogen) atoms. The average Bonchev–Trinajstić information content (AvgIpc) is 3.69. The van der Waals surface area contributed by atoms with Crippen molar-refractivity contribution < 1.29 is 19.1 Å². The molecule has 11 heteroatoms. The summed E-state index contributed by atoms with van der Waals surface area (Å²) in [6.07, 6.45) is 1.05. The Morgan fingerprint density at radius 2 is 1.72 bits per heavy atom. The van der Waals surface area contributed by atoms with Crippen LogP contribution in [0.5, 0.6) is 0 Å². The van der Waals surface area contributed by atoms with Crippen molar-refractivity contribution in [2.75, 3.05) is 20.3 Å². The lowest BCUT2D eigenvalue weighted by Gasteiger charge is -2.29. The van der Waals surface area contributed by atoms with Crippen LogP contribution >= 0.6 is 15.9 Å². The highest BCUT2D eigenvalue weighted by Crippen LogP contribution is 2.32. The molecule has 4 amide bonds. The van der Waals surface area contributed by atoms with E-state index in [-0.39, 0.29) is 31.1 Å². The number of benzene rings is 2.